The van der Waals surface area contributed by atoms with Crippen LogP contribution in [0.4, 0.5) is 20.3 Å². The third kappa shape index (κ3) is 1.76. The normalized spacial score (nSPS) is 10.6. The van der Waals surface area contributed by atoms with E-state index in [1.807, 2.05) is 0 Å². The zero-order chi connectivity index (χ0) is 10.9. The number of aromatic nitrogens is 1. The van der Waals surface area contributed by atoms with E-state index in [9.17, 15) is 18.9 Å². The molecule has 1 rings (SSSR count). The Bertz CT molecular complexity index is 381. The molecule has 7 heteroatoms. The number of nitro groups is 1. The van der Waals surface area contributed by atoms with E-state index in [2.05, 4.69) is 4.98 Å². The van der Waals surface area contributed by atoms with Crippen LogP contribution in [0.3, 0.4) is 0 Å². The predicted molar refractivity (Wildman–Crippen MR) is 45.0 cm³/mol. The van der Waals surface area contributed by atoms with Crippen molar-refractivity contribution in [2.24, 2.45) is 0 Å². The Morgan fingerprint density at radius 1 is 1.64 bits per heavy atom. The standard InChI is InChI=1S/C7H7F2N3O2/c1-3-2-4(6(8)9)11-7(5(3)10)12(13)14/h2,6H,10H2,1H3. The maximum atomic E-state index is 12.2. The molecular formula is C7H7F2N3O2. The second-order valence-electron chi connectivity index (χ2n) is 2.66. The molecule has 0 aliphatic heterocycles. The highest BCUT2D eigenvalue weighted by atomic mass is 19.3. The number of hydrogen-bond acceptors (Lipinski definition) is 4. The summed E-state index contributed by atoms with van der Waals surface area (Å²) >= 11 is 0. The highest BCUT2D eigenvalue weighted by Gasteiger charge is 2.23. The molecule has 0 aliphatic rings. The summed E-state index contributed by atoms with van der Waals surface area (Å²) in [6.07, 6.45) is -2.84. The van der Waals surface area contributed by atoms with Crippen LogP contribution in [0, 0.1) is 17.0 Å². The van der Waals surface area contributed by atoms with E-state index < -0.39 is 22.9 Å². The minimum atomic E-state index is -2.84. The minimum absolute atomic E-state index is 0.181. The molecule has 0 amide bonds. The lowest BCUT2D eigenvalue weighted by molar-refractivity contribution is -0.388. The summed E-state index contributed by atoms with van der Waals surface area (Å²) in [5, 5.41) is 10.4. The number of aryl methyl sites for hydroxylation is 1. The van der Waals surface area contributed by atoms with Crippen molar-refractivity contribution < 1.29 is 13.7 Å². The fourth-order valence-corrected chi connectivity index (χ4v) is 0.942. The lowest BCUT2D eigenvalue weighted by Crippen LogP contribution is -2.04. The van der Waals surface area contributed by atoms with Gasteiger partial charge in [-0.1, -0.05) is 0 Å². The highest BCUT2D eigenvalue weighted by molar-refractivity contribution is 5.59. The number of pyridine rings is 1. The molecule has 1 heterocycles. The van der Waals surface area contributed by atoms with Crippen molar-refractivity contribution in [3.8, 4) is 0 Å². The van der Waals surface area contributed by atoms with Gasteiger partial charge >= 0.3 is 12.2 Å². The lowest BCUT2D eigenvalue weighted by atomic mass is 10.2. The van der Waals surface area contributed by atoms with Gasteiger partial charge in [0.25, 0.3) is 0 Å². The van der Waals surface area contributed by atoms with Crippen LogP contribution in [-0.2, 0) is 0 Å². The second-order valence-corrected chi connectivity index (χ2v) is 2.66. The molecule has 0 radical (unpaired) electrons. The number of nitrogens with zero attached hydrogens (tertiary/aromatic N) is 2. The molecule has 76 valence electrons. The Hall–Kier alpha value is -1.79. The van der Waals surface area contributed by atoms with Crippen LogP contribution in [0.2, 0.25) is 0 Å². The molecule has 0 bridgehead atoms. The van der Waals surface area contributed by atoms with E-state index in [0.29, 0.717) is 0 Å². The van der Waals surface area contributed by atoms with Crippen molar-refractivity contribution in [3.63, 3.8) is 0 Å². The van der Waals surface area contributed by atoms with Gasteiger partial charge in [-0.15, -0.1) is 0 Å². The van der Waals surface area contributed by atoms with E-state index in [1.54, 1.807) is 0 Å². The molecule has 2 N–H and O–H groups in total. The molecule has 1 aromatic heterocycles. The van der Waals surface area contributed by atoms with Gasteiger partial charge in [0.05, 0.1) is 0 Å². The molecule has 0 aliphatic carbocycles. The maximum Gasteiger partial charge on any atom is 0.387 e. The zero-order valence-corrected chi connectivity index (χ0v) is 7.20. The van der Waals surface area contributed by atoms with Crippen molar-refractivity contribution in [2.75, 3.05) is 5.73 Å². The molecule has 1 aromatic rings. The third-order valence-corrected chi connectivity index (χ3v) is 1.66. The van der Waals surface area contributed by atoms with Gasteiger partial charge in [0.15, 0.2) is 0 Å². The van der Waals surface area contributed by atoms with Crippen LogP contribution in [-0.4, -0.2) is 9.91 Å². The molecular weight excluding hydrogens is 196 g/mol. The number of rotatable bonds is 2. The predicted octanol–water partition coefficient (Wildman–Crippen LogP) is 1.82. The molecule has 14 heavy (non-hydrogen) atoms. The number of halogens is 2. The first-order chi connectivity index (χ1) is 6.43. The van der Waals surface area contributed by atoms with Gasteiger partial charge in [0, 0.05) is 0 Å². The van der Waals surface area contributed by atoms with Gasteiger partial charge < -0.3 is 15.8 Å². The number of nitrogen functional groups attached to an aromatic ring is 1. The van der Waals surface area contributed by atoms with Gasteiger partial charge in [-0.25, -0.2) is 8.78 Å². The summed E-state index contributed by atoms with van der Waals surface area (Å²) < 4.78 is 24.4. The Kier molecular flexibility index (Phi) is 2.59. The summed E-state index contributed by atoms with van der Waals surface area (Å²) in [4.78, 5) is 12.6. The molecule has 0 fully saturated rings. The molecule has 5 nitrogen and oxygen atoms in total. The monoisotopic (exact) mass is 203 g/mol. The smallest absolute Gasteiger partial charge is 0.387 e. The molecule has 0 saturated carbocycles. The third-order valence-electron chi connectivity index (χ3n) is 1.66. The molecule has 0 atom stereocenters. The van der Waals surface area contributed by atoms with Crippen LogP contribution in [0.25, 0.3) is 0 Å². The quantitative estimate of drug-likeness (QED) is 0.587. The summed E-state index contributed by atoms with van der Waals surface area (Å²) in [6, 6.07) is 1.03. The summed E-state index contributed by atoms with van der Waals surface area (Å²) in [6.45, 7) is 1.41. The van der Waals surface area contributed by atoms with Crippen LogP contribution < -0.4 is 5.73 Å². The second kappa shape index (κ2) is 3.52. The van der Waals surface area contributed by atoms with Gasteiger partial charge in [-0.05, 0) is 28.5 Å². The van der Waals surface area contributed by atoms with Crippen molar-refractivity contribution in [1.82, 2.24) is 4.98 Å². The minimum Gasteiger partial charge on any atom is -0.392 e. The van der Waals surface area contributed by atoms with Crippen LogP contribution in [0.5, 0.6) is 0 Å². The van der Waals surface area contributed by atoms with Crippen molar-refractivity contribution in [2.45, 2.75) is 13.3 Å². The first-order valence-corrected chi connectivity index (χ1v) is 3.63. The fourth-order valence-electron chi connectivity index (χ4n) is 0.942. The van der Waals surface area contributed by atoms with Crippen molar-refractivity contribution >= 4 is 11.5 Å². The average Bonchev–Trinajstić information content (AvgIpc) is 2.08. The number of alkyl halides is 2. The molecule has 0 spiro atoms. The van der Waals surface area contributed by atoms with Gasteiger partial charge in [0.2, 0.25) is 5.69 Å². The lowest BCUT2D eigenvalue weighted by Gasteiger charge is -2.02. The van der Waals surface area contributed by atoms with Crippen LogP contribution in [0.1, 0.15) is 17.7 Å². The first-order valence-electron chi connectivity index (χ1n) is 3.63. The first kappa shape index (κ1) is 10.3. The van der Waals surface area contributed by atoms with E-state index >= 15 is 0 Å². The Labute approximate surface area is 77.7 Å². The highest BCUT2D eigenvalue weighted by Crippen LogP contribution is 2.27. The van der Waals surface area contributed by atoms with Gasteiger partial charge in [-0.2, -0.15) is 0 Å². The average molecular weight is 203 g/mol. The van der Waals surface area contributed by atoms with Gasteiger partial charge in [0.1, 0.15) is 5.69 Å². The van der Waals surface area contributed by atoms with E-state index in [-0.39, 0.29) is 11.3 Å². The van der Waals surface area contributed by atoms with Crippen molar-refractivity contribution in [1.29, 1.82) is 0 Å². The van der Waals surface area contributed by atoms with Crippen LogP contribution in [0.15, 0.2) is 6.07 Å². The Morgan fingerprint density at radius 3 is 2.64 bits per heavy atom. The van der Waals surface area contributed by atoms with Crippen LogP contribution >= 0.6 is 0 Å². The Morgan fingerprint density at radius 2 is 2.21 bits per heavy atom. The topological polar surface area (TPSA) is 82.0 Å². The zero-order valence-electron chi connectivity index (χ0n) is 7.20. The SMILES string of the molecule is Cc1cc(C(F)F)nc([N+](=O)[O-])c1N. The van der Waals surface area contributed by atoms with E-state index in [0.717, 1.165) is 6.07 Å². The number of hydrogen-bond donors (Lipinski definition) is 1. The summed E-state index contributed by atoms with van der Waals surface area (Å²) in [5.74, 6) is -0.722. The van der Waals surface area contributed by atoms with Crippen molar-refractivity contribution in [3.05, 3.63) is 27.4 Å². The largest absolute Gasteiger partial charge is 0.392 e. The summed E-state index contributed by atoms with van der Waals surface area (Å²) in [5.41, 5.74) is 4.71. The fraction of sp³-hybridized carbons (Fsp3) is 0.286. The molecule has 0 unspecified atom stereocenters. The maximum absolute atomic E-state index is 12.2. The number of nitrogens with two attached hydrogens (primary N) is 1. The van der Waals surface area contributed by atoms with E-state index in [1.165, 1.54) is 6.92 Å². The Balaban J connectivity index is 3.35. The summed E-state index contributed by atoms with van der Waals surface area (Å²) in [7, 11) is 0. The number of anilines is 1. The molecule has 0 saturated heterocycles. The van der Waals surface area contributed by atoms with E-state index in [4.69, 9.17) is 5.73 Å². The van der Waals surface area contributed by atoms with Gasteiger partial charge in [-0.3, -0.25) is 0 Å². The molecule has 0 aromatic carbocycles.